The fraction of sp³-hybridized carbons (Fsp3) is 0.500. The highest BCUT2D eigenvalue weighted by atomic mass is 19.3. The number of nitrogens with zero attached hydrogens (tertiary/aromatic N) is 1. The van der Waals surface area contributed by atoms with Crippen molar-refractivity contribution in [2.24, 2.45) is 5.41 Å². The number of aromatic nitrogens is 1. The van der Waals surface area contributed by atoms with Gasteiger partial charge in [-0.25, -0.2) is 13.8 Å². The lowest BCUT2D eigenvalue weighted by Gasteiger charge is -2.15. The van der Waals surface area contributed by atoms with Crippen molar-refractivity contribution >= 4 is 11.9 Å². The van der Waals surface area contributed by atoms with Crippen LogP contribution in [0.2, 0.25) is 0 Å². The number of carbonyl (C=O) groups is 2. The van der Waals surface area contributed by atoms with Gasteiger partial charge in [-0.15, -0.1) is 0 Å². The largest absolute Gasteiger partial charge is 0.481 e. The van der Waals surface area contributed by atoms with Gasteiger partial charge in [0.1, 0.15) is 0 Å². The second kappa shape index (κ2) is 6.62. The summed E-state index contributed by atoms with van der Waals surface area (Å²) < 4.78 is 53.9. The molecular weight excluding hydrogens is 336 g/mol. The Hall–Kier alpha value is -2.39. The number of carboxylic acids is 1. The van der Waals surface area contributed by atoms with Crippen LogP contribution in [0.25, 0.3) is 0 Å². The van der Waals surface area contributed by atoms with Gasteiger partial charge < -0.3 is 15.2 Å². The van der Waals surface area contributed by atoms with E-state index in [1.165, 1.54) is 6.07 Å². The molecule has 0 aromatic carbocycles. The van der Waals surface area contributed by atoms with Crippen LogP contribution in [0.15, 0.2) is 18.3 Å². The lowest BCUT2D eigenvalue weighted by Crippen LogP contribution is -2.34. The summed E-state index contributed by atoms with van der Waals surface area (Å²) in [7, 11) is 0. The highest BCUT2D eigenvalue weighted by molar-refractivity contribution is 5.94. The molecule has 2 rings (SSSR count). The summed E-state index contributed by atoms with van der Waals surface area (Å²) >= 11 is 0. The Labute approximate surface area is 133 Å². The van der Waals surface area contributed by atoms with Crippen LogP contribution in [0.3, 0.4) is 0 Å². The molecule has 1 aliphatic rings. The number of rotatable bonds is 8. The van der Waals surface area contributed by atoms with Crippen molar-refractivity contribution in [3.05, 3.63) is 23.9 Å². The second-order valence-electron chi connectivity index (χ2n) is 5.50. The normalized spacial score (nSPS) is 15.9. The van der Waals surface area contributed by atoms with Crippen molar-refractivity contribution in [3.8, 4) is 5.88 Å². The minimum Gasteiger partial charge on any atom is -0.481 e. The Bertz CT molecular complexity index is 618. The van der Waals surface area contributed by atoms with Gasteiger partial charge in [0.2, 0.25) is 5.88 Å². The first kappa shape index (κ1) is 18.0. The van der Waals surface area contributed by atoms with Crippen LogP contribution in [-0.4, -0.2) is 47.5 Å². The third kappa shape index (κ3) is 4.12. The van der Waals surface area contributed by atoms with E-state index in [1.807, 2.05) is 0 Å². The first-order chi connectivity index (χ1) is 11.2. The molecule has 2 N–H and O–H groups in total. The standard InChI is InChI=1S/C14H14F4N2O4/c15-11(16)14(17,18)7-24-9-2-1-8(5-19-9)10(21)20-6-13(3-4-13)12(22)23/h1-2,5,11H,3-4,6-7H2,(H,20,21)(H,22,23). The van der Waals surface area contributed by atoms with Crippen LogP contribution < -0.4 is 10.1 Å². The van der Waals surface area contributed by atoms with Gasteiger partial charge in [0.15, 0.2) is 6.61 Å². The van der Waals surface area contributed by atoms with E-state index in [-0.39, 0.29) is 18.0 Å². The Balaban J connectivity index is 1.87. The van der Waals surface area contributed by atoms with E-state index in [0.29, 0.717) is 12.8 Å². The van der Waals surface area contributed by atoms with Gasteiger partial charge in [-0.2, -0.15) is 8.78 Å². The van der Waals surface area contributed by atoms with Gasteiger partial charge >= 0.3 is 18.3 Å². The van der Waals surface area contributed by atoms with Gasteiger partial charge in [-0.05, 0) is 18.9 Å². The number of carbonyl (C=O) groups excluding carboxylic acids is 1. The molecule has 1 aromatic heterocycles. The Morgan fingerprint density at radius 1 is 1.38 bits per heavy atom. The average molecular weight is 350 g/mol. The summed E-state index contributed by atoms with van der Waals surface area (Å²) in [6.07, 6.45) is -1.88. The molecule has 0 spiro atoms. The number of aliphatic carboxylic acids is 1. The molecule has 1 fully saturated rings. The van der Waals surface area contributed by atoms with Gasteiger partial charge in [-0.3, -0.25) is 9.59 Å². The molecule has 0 bridgehead atoms. The number of hydrogen-bond donors (Lipinski definition) is 2. The monoisotopic (exact) mass is 350 g/mol. The zero-order chi connectivity index (χ0) is 18.0. The number of ether oxygens (including phenoxy) is 1. The molecule has 1 aliphatic carbocycles. The van der Waals surface area contributed by atoms with E-state index < -0.39 is 36.2 Å². The van der Waals surface area contributed by atoms with Crippen molar-refractivity contribution in [1.82, 2.24) is 10.3 Å². The maximum Gasteiger partial charge on any atom is 0.340 e. The minimum atomic E-state index is -4.30. The topological polar surface area (TPSA) is 88.5 Å². The molecule has 0 radical (unpaired) electrons. The van der Waals surface area contributed by atoms with Crippen LogP contribution in [-0.2, 0) is 4.79 Å². The minimum absolute atomic E-state index is 0.0277. The molecule has 0 atom stereocenters. The zero-order valence-electron chi connectivity index (χ0n) is 12.3. The highest BCUT2D eigenvalue weighted by Gasteiger charge is 2.50. The predicted octanol–water partition coefficient (Wildman–Crippen LogP) is 1.96. The van der Waals surface area contributed by atoms with Gasteiger partial charge in [-0.1, -0.05) is 0 Å². The lowest BCUT2D eigenvalue weighted by atomic mass is 10.1. The molecule has 0 saturated heterocycles. The maximum atomic E-state index is 12.7. The van der Waals surface area contributed by atoms with Crippen molar-refractivity contribution in [1.29, 1.82) is 0 Å². The molecule has 6 nitrogen and oxygen atoms in total. The average Bonchev–Trinajstić information content (AvgIpc) is 3.32. The number of hydrogen-bond acceptors (Lipinski definition) is 4. The first-order valence-electron chi connectivity index (χ1n) is 6.93. The van der Waals surface area contributed by atoms with Crippen LogP contribution >= 0.6 is 0 Å². The number of nitrogens with one attached hydrogen (secondary N) is 1. The Kier molecular flexibility index (Phi) is 4.95. The van der Waals surface area contributed by atoms with Crippen LogP contribution in [0.4, 0.5) is 17.6 Å². The van der Waals surface area contributed by atoms with Crippen molar-refractivity contribution in [3.63, 3.8) is 0 Å². The predicted molar refractivity (Wildman–Crippen MR) is 72.3 cm³/mol. The summed E-state index contributed by atoms with van der Waals surface area (Å²) in [5.74, 6) is -6.20. The molecule has 1 saturated carbocycles. The second-order valence-corrected chi connectivity index (χ2v) is 5.50. The first-order valence-corrected chi connectivity index (χ1v) is 6.93. The molecule has 1 amide bonds. The molecule has 132 valence electrons. The maximum absolute atomic E-state index is 12.7. The van der Waals surface area contributed by atoms with Crippen molar-refractivity contribution in [2.75, 3.05) is 13.2 Å². The molecular formula is C14H14F4N2O4. The van der Waals surface area contributed by atoms with Crippen LogP contribution in [0.5, 0.6) is 5.88 Å². The number of halogens is 4. The van der Waals surface area contributed by atoms with Gasteiger partial charge in [0.05, 0.1) is 11.0 Å². The number of alkyl halides is 4. The summed E-state index contributed by atoms with van der Waals surface area (Å²) in [6.45, 7) is -1.57. The smallest absolute Gasteiger partial charge is 0.340 e. The summed E-state index contributed by atoms with van der Waals surface area (Å²) in [5.41, 5.74) is -0.864. The number of pyridine rings is 1. The number of carboxylic acid groups (broad SMARTS) is 1. The fourth-order valence-corrected chi connectivity index (χ4v) is 1.80. The molecule has 10 heteroatoms. The van der Waals surface area contributed by atoms with E-state index in [1.54, 1.807) is 0 Å². The molecule has 1 aromatic rings. The molecule has 0 aliphatic heterocycles. The van der Waals surface area contributed by atoms with Crippen LogP contribution in [0, 0.1) is 5.41 Å². The van der Waals surface area contributed by atoms with Crippen LogP contribution in [0.1, 0.15) is 23.2 Å². The molecule has 1 heterocycles. The highest BCUT2D eigenvalue weighted by Crippen LogP contribution is 2.45. The van der Waals surface area contributed by atoms with E-state index in [2.05, 4.69) is 15.0 Å². The third-order valence-corrected chi connectivity index (χ3v) is 3.62. The quantitative estimate of drug-likeness (QED) is 0.700. The van der Waals surface area contributed by atoms with E-state index in [4.69, 9.17) is 5.11 Å². The van der Waals surface area contributed by atoms with Crippen molar-refractivity contribution in [2.45, 2.75) is 25.2 Å². The van der Waals surface area contributed by atoms with Gasteiger partial charge in [0, 0.05) is 18.8 Å². The zero-order valence-corrected chi connectivity index (χ0v) is 12.3. The lowest BCUT2D eigenvalue weighted by molar-refractivity contribution is -0.148. The summed E-state index contributed by atoms with van der Waals surface area (Å²) in [5, 5.41) is 11.4. The Morgan fingerprint density at radius 3 is 2.50 bits per heavy atom. The Morgan fingerprint density at radius 2 is 2.04 bits per heavy atom. The third-order valence-electron chi connectivity index (χ3n) is 3.62. The van der Waals surface area contributed by atoms with E-state index >= 15 is 0 Å². The number of amides is 1. The van der Waals surface area contributed by atoms with E-state index in [0.717, 1.165) is 12.3 Å². The fourth-order valence-electron chi connectivity index (χ4n) is 1.80. The van der Waals surface area contributed by atoms with Gasteiger partial charge in [0.25, 0.3) is 5.91 Å². The van der Waals surface area contributed by atoms with Crippen molar-refractivity contribution < 1.29 is 37.0 Å². The molecule has 24 heavy (non-hydrogen) atoms. The van der Waals surface area contributed by atoms with E-state index in [9.17, 15) is 27.2 Å². The SMILES string of the molecule is O=C(NCC1(C(=O)O)CC1)c1ccc(OCC(F)(F)C(F)F)nc1. The summed E-state index contributed by atoms with van der Waals surface area (Å²) in [4.78, 5) is 26.4. The summed E-state index contributed by atoms with van der Waals surface area (Å²) in [6, 6.07) is 2.29. The molecule has 0 unspecified atom stereocenters.